The van der Waals surface area contributed by atoms with E-state index in [9.17, 15) is 9.90 Å². The first-order valence-corrected chi connectivity index (χ1v) is 11.6. The number of carboxylic acids is 1. The van der Waals surface area contributed by atoms with E-state index in [0.29, 0.717) is 29.9 Å². The topological polar surface area (TPSA) is 106 Å². The third-order valence-electron chi connectivity index (χ3n) is 5.96. The maximum absolute atomic E-state index is 11.2. The van der Waals surface area contributed by atoms with Gasteiger partial charge in [-0.3, -0.25) is 4.79 Å². The molecule has 1 saturated carbocycles. The van der Waals surface area contributed by atoms with Gasteiger partial charge in [0.1, 0.15) is 5.82 Å². The Morgan fingerprint density at radius 2 is 1.88 bits per heavy atom. The molecule has 0 radical (unpaired) electrons. The maximum atomic E-state index is 11.2. The molecule has 170 valence electrons. The number of aromatic nitrogens is 2. The zero-order chi connectivity index (χ0) is 22.5. The summed E-state index contributed by atoms with van der Waals surface area (Å²) >= 11 is 1.68. The summed E-state index contributed by atoms with van der Waals surface area (Å²) in [4.78, 5) is 21.8. The lowest BCUT2D eigenvalue weighted by molar-refractivity contribution is -0.143. The number of hydrogen-bond donors (Lipinski definition) is 3. The highest BCUT2D eigenvalue weighted by Crippen LogP contribution is 2.35. The number of anilines is 2. The number of nitrogens with zero attached hydrogens (tertiary/aromatic N) is 2. The van der Waals surface area contributed by atoms with Crippen LogP contribution in [0.15, 0.2) is 29.6 Å². The van der Waals surface area contributed by atoms with Crippen LogP contribution in [0, 0.1) is 11.8 Å². The molecule has 0 aliphatic heterocycles. The minimum atomic E-state index is -0.680. The van der Waals surface area contributed by atoms with Crippen LogP contribution in [0.4, 0.5) is 11.8 Å². The van der Waals surface area contributed by atoms with E-state index < -0.39 is 5.97 Å². The highest BCUT2D eigenvalue weighted by Gasteiger charge is 2.26. The summed E-state index contributed by atoms with van der Waals surface area (Å²) < 4.78 is 10.9. The van der Waals surface area contributed by atoms with Crippen molar-refractivity contribution in [3.63, 3.8) is 0 Å². The van der Waals surface area contributed by atoms with Crippen molar-refractivity contribution in [3.05, 3.63) is 34.5 Å². The molecule has 1 aliphatic rings. The quantitative estimate of drug-likeness (QED) is 0.428. The molecule has 1 aromatic carbocycles. The third kappa shape index (κ3) is 5.04. The molecule has 3 N–H and O–H groups in total. The smallest absolute Gasteiger partial charge is 0.306 e. The Hall–Kier alpha value is -3.07. The van der Waals surface area contributed by atoms with Crippen molar-refractivity contribution in [2.75, 3.05) is 31.4 Å². The molecule has 4 rings (SSSR count). The van der Waals surface area contributed by atoms with Crippen LogP contribution in [0.5, 0.6) is 11.5 Å². The van der Waals surface area contributed by atoms with Gasteiger partial charge in [0, 0.05) is 22.9 Å². The number of hydrogen-bond acceptors (Lipinski definition) is 8. The molecule has 2 aromatic heterocycles. The van der Waals surface area contributed by atoms with Gasteiger partial charge in [0.25, 0.3) is 0 Å². The number of rotatable bonds is 9. The molecule has 1 aliphatic carbocycles. The monoisotopic (exact) mass is 456 g/mol. The number of ether oxygens (including phenoxy) is 2. The Bertz CT molecular complexity index is 1070. The summed E-state index contributed by atoms with van der Waals surface area (Å²) in [6.07, 6.45) is 3.25. The van der Waals surface area contributed by atoms with E-state index in [-0.39, 0.29) is 5.92 Å². The molecule has 0 bridgehead atoms. The molecule has 0 unspecified atom stereocenters. The number of carboxylic acid groups (broad SMARTS) is 1. The summed E-state index contributed by atoms with van der Waals surface area (Å²) in [6, 6.07) is 7.83. The van der Waals surface area contributed by atoms with Gasteiger partial charge in [0.15, 0.2) is 11.5 Å². The molecule has 1 fully saturated rings. The average molecular weight is 457 g/mol. The van der Waals surface area contributed by atoms with Crippen molar-refractivity contribution in [3.8, 4) is 11.5 Å². The van der Waals surface area contributed by atoms with Crippen LogP contribution in [0.1, 0.15) is 30.6 Å². The predicted octanol–water partition coefficient (Wildman–Crippen LogP) is 4.62. The summed E-state index contributed by atoms with van der Waals surface area (Å²) in [6.45, 7) is 1.38. The number of fused-ring (bicyclic) bond motifs is 1. The number of nitrogens with one attached hydrogen (secondary N) is 2. The number of methoxy groups -OCH3 is 2. The highest BCUT2D eigenvalue weighted by atomic mass is 32.1. The number of benzene rings is 1. The fraction of sp³-hybridized carbons (Fsp3) is 0.435. The van der Waals surface area contributed by atoms with Gasteiger partial charge in [-0.05, 0) is 49.1 Å². The van der Waals surface area contributed by atoms with Crippen LogP contribution in [-0.4, -0.2) is 41.8 Å². The van der Waals surface area contributed by atoms with E-state index in [1.807, 2.05) is 23.6 Å². The molecular formula is C23H28N4O4S. The molecule has 2 heterocycles. The molecule has 0 saturated heterocycles. The lowest BCUT2D eigenvalue weighted by Gasteiger charge is -2.26. The van der Waals surface area contributed by atoms with Gasteiger partial charge >= 0.3 is 5.97 Å². The Kier molecular flexibility index (Phi) is 6.94. The Morgan fingerprint density at radius 3 is 2.53 bits per heavy atom. The van der Waals surface area contributed by atoms with E-state index in [1.165, 1.54) is 4.88 Å². The molecule has 9 heteroatoms. The second kappa shape index (κ2) is 10.0. The second-order valence-corrected chi connectivity index (χ2v) is 9.02. The maximum Gasteiger partial charge on any atom is 0.306 e. The van der Waals surface area contributed by atoms with Crippen molar-refractivity contribution in [1.82, 2.24) is 9.97 Å². The van der Waals surface area contributed by atoms with Gasteiger partial charge in [0.2, 0.25) is 5.95 Å². The first-order chi connectivity index (χ1) is 15.6. The molecule has 3 aromatic rings. The minimum absolute atomic E-state index is 0.212. The van der Waals surface area contributed by atoms with Crippen LogP contribution in [0.3, 0.4) is 0 Å². The SMILES string of the molecule is COc1cc2nc(NCc3cccs3)nc(NCC3CCC(C(=O)O)CC3)c2cc1OC. The Labute approximate surface area is 191 Å². The molecule has 32 heavy (non-hydrogen) atoms. The van der Waals surface area contributed by atoms with E-state index in [2.05, 4.69) is 21.7 Å². The first kappa shape index (κ1) is 22.1. The van der Waals surface area contributed by atoms with Gasteiger partial charge in [-0.2, -0.15) is 4.98 Å². The molecule has 8 nitrogen and oxygen atoms in total. The summed E-state index contributed by atoms with van der Waals surface area (Å²) in [7, 11) is 3.21. The van der Waals surface area contributed by atoms with Gasteiger partial charge in [-0.25, -0.2) is 4.98 Å². The average Bonchev–Trinajstić information content (AvgIpc) is 3.34. The van der Waals surface area contributed by atoms with Crippen molar-refractivity contribution in [1.29, 1.82) is 0 Å². The predicted molar refractivity (Wildman–Crippen MR) is 126 cm³/mol. The van der Waals surface area contributed by atoms with E-state index >= 15 is 0 Å². The zero-order valence-electron chi connectivity index (χ0n) is 18.3. The van der Waals surface area contributed by atoms with Crippen molar-refractivity contribution in [2.24, 2.45) is 11.8 Å². The molecule has 0 spiro atoms. The van der Waals surface area contributed by atoms with E-state index in [4.69, 9.17) is 14.5 Å². The van der Waals surface area contributed by atoms with Crippen LogP contribution < -0.4 is 20.1 Å². The van der Waals surface area contributed by atoms with Crippen LogP contribution >= 0.6 is 11.3 Å². The van der Waals surface area contributed by atoms with Crippen molar-refractivity contribution >= 4 is 40.0 Å². The first-order valence-electron chi connectivity index (χ1n) is 10.7. The van der Waals surface area contributed by atoms with Crippen molar-refractivity contribution in [2.45, 2.75) is 32.2 Å². The number of carbonyl (C=O) groups is 1. The Balaban J connectivity index is 1.57. The van der Waals surface area contributed by atoms with Gasteiger partial charge in [-0.15, -0.1) is 11.3 Å². The zero-order valence-corrected chi connectivity index (χ0v) is 19.1. The van der Waals surface area contributed by atoms with Gasteiger partial charge in [-0.1, -0.05) is 6.07 Å². The largest absolute Gasteiger partial charge is 0.493 e. The van der Waals surface area contributed by atoms with E-state index in [0.717, 1.165) is 48.9 Å². The normalized spacial score (nSPS) is 18.3. The summed E-state index contributed by atoms with van der Waals surface area (Å²) in [5, 5.41) is 18.9. The van der Waals surface area contributed by atoms with Crippen LogP contribution in [0.2, 0.25) is 0 Å². The lowest BCUT2D eigenvalue weighted by atomic mass is 9.82. The lowest BCUT2D eigenvalue weighted by Crippen LogP contribution is -2.25. The standard InChI is InChI=1S/C23H28N4O4S/c1-30-19-10-17-18(11-20(19)31-2)26-23(25-13-16-4-3-9-32-16)27-21(17)24-12-14-5-7-15(8-6-14)22(28)29/h3-4,9-11,14-15H,5-8,12-13H2,1-2H3,(H,28,29)(H2,24,25,26,27). The molecule has 0 atom stereocenters. The number of thiophene rings is 1. The third-order valence-corrected chi connectivity index (χ3v) is 6.83. The van der Waals surface area contributed by atoms with Crippen LogP contribution in [-0.2, 0) is 11.3 Å². The molecule has 0 amide bonds. The summed E-state index contributed by atoms with van der Waals surface area (Å²) in [5.41, 5.74) is 0.753. The fourth-order valence-electron chi connectivity index (χ4n) is 4.10. The highest BCUT2D eigenvalue weighted by molar-refractivity contribution is 7.09. The summed E-state index contributed by atoms with van der Waals surface area (Å²) in [5.74, 6) is 2.02. The van der Waals surface area contributed by atoms with Crippen LogP contribution in [0.25, 0.3) is 10.9 Å². The minimum Gasteiger partial charge on any atom is -0.493 e. The van der Waals surface area contributed by atoms with E-state index in [1.54, 1.807) is 25.6 Å². The van der Waals surface area contributed by atoms with Gasteiger partial charge in [0.05, 0.1) is 32.2 Å². The second-order valence-electron chi connectivity index (χ2n) is 7.99. The fourth-order valence-corrected chi connectivity index (χ4v) is 4.75. The van der Waals surface area contributed by atoms with Gasteiger partial charge < -0.3 is 25.2 Å². The number of aliphatic carboxylic acids is 1. The van der Waals surface area contributed by atoms with Crippen molar-refractivity contribution < 1.29 is 19.4 Å². The Morgan fingerprint density at radius 1 is 1.12 bits per heavy atom. The molecular weight excluding hydrogens is 428 g/mol.